The maximum atomic E-state index is 9.91. The molecule has 20 heavy (non-hydrogen) atoms. The zero-order chi connectivity index (χ0) is 14.7. The lowest BCUT2D eigenvalue weighted by Gasteiger charge is -2.25. The van der Waals surface area contributed by atoms with Crippen molar-refractivity contribution in [1.29, 1.82) is 5.26 Å². The summed E-state index contributed by atoms with van der Waals surface area (Å²) in [5.41, 5.74) is 3.11. The quantitative estimate of drug-likeness (QED) is 0.919. The van der Waals surface area contributed by atoms with Crippen molar-refractivity contribution >= 4 is 27.3 Å². The Labute approximate surface area is 127 Å². The van der Waals surface area contributed by atoms with Gasteiger partial charge in [-0.3, -0.25) is 0 Å². The molecule has 0 spiro atoms. The van der Waals surface area contributed by atoms with Gasteiger partial charge in [0.2, 0.25) is 0 Å². The first-order chi connectivity index (χ1) is 9.54. The zero-order valence-corrected chi connectivity index (χ0v) is 12.9. The molecular weight excluding hydrogens is 316 g/mol. The predicted octanol–water partition coefficient (Wildman–Crippen LogP) is 4.14. The monoisotopic (exact) mass is 330 g/mol. The Morgan fingerprint density at radius 2 is 1.90 bits per heavy atom. The molecule has 0 fully saturated rings. The van der Waals surface area contributed by atoms with Gasteiger partial charge in [0.05, 0.1) is 17.4 Å². The van der Waals surface area contributed by atoms with Crippen LogP contribution in [0.1, 0.15) is 24.2 Å². The van der Waals surface area contributed by atoms with Crippen LogP contribution in [0.2, 0.25) is 0 Å². The number of halogens is 1. The molecule has 0 aliphatic heterocycles. The molecule has 2 rings (SSSR count). The van der Waals surface area contributed by atoms with Crippen molar-refractivity contribution in [3.63, 3.8) is 0 Å². The first kappa shape index (κ1) is 14.6. The van der Waals surface area contributed by atoms with Gasteiger partial charge in [0.1, 0.15) is 6.07 Å². The summed E-state index contributed by atoms with van der Waals surface area (Å²) in [5.74, 6) is 0. The van der Waals surface area contributed by atoms with Crippen LogP contribution in [0, 0.1) is 11.3 Å². The van der Waals surface area contributed by atoms with E-state index in [9.17, 15) is 10.4 Å². The molecule has 0 aromatic heterocycles. The highest BCUT2D eigenvalue weighted by atomic mass is 79.9. The van der Waals surface area contributed by atoms with Crippen LogP contribution in [0.5, 0.6) is 0 Å². The SMILES string of the molecule is CC(O)c1ccc(Br)cc1N(C)c1ccccc1C#N. The Morgan fingerprint density at radius 3 is 2.55 bits per heavy atom. The van der Waals surface area contributed by atoms with E-state index in [0.717, 1.165) is 21.4 Å². The predicted molar refractivity (Wildman–Crippen MR) is 84.0 cm³/mol. The van der Waals surface area contributed by atoms with Gasteiger partial charge >= 0.3 is 0 Å². The van der Waals surface area contributed by atoms with Crippen LogP contribution in [0.3, 0.4) is 0 Å². The fourth-order valence-corrected chi connectivity index (χ4v) is 2.50. The van der Waals surface area contributed by atoms with E-state index < -0.39 is 6.10 Å². The minimum absolute atomic E-state index is 0.574. The van der Waals surface area contributed by atoms with Crippen molar-refractivity contribution < 1.29 is 5.11 Å². The van der Waals surface area contributed by atoms with Gasteiger partial charge in [0.25, 0.3) is 0 Å². The van der Waals surface area contributed by atoms with E-state index in [2.05, 4.69) is 22.0 Å². The Morgan fingerprint density at radius 1 is 1.20 bits per heavy atom. The second kappa shape index (κ2) is 6.08. The molecule has 0 saturated carbocycles. The molecule has 0 radical (unpaired) electrons. The Bertz CT molecular complexity index is 662. The normalized spacial score (nSPS) is 11.8. The van der Waals surface area contributed by atoms with Crippen molar-refractivity contribution in [3.05, 3.63) is 58.1 Å². The van der Waals surface area contributed by atoms with E-state index in [-0.39, 0.29) is 0 Å². The van der Waals surface area contributed by atoms with Crippen LogP contribution in [-0.4, -0.2) is 12.2 Å². The summed E-state index contributed by atoms with van der Waals surface area (Å²) < 4.78 is 0.929. The fraction of sp³-hybridized carbons (Fsp3) is 0.188. The average molecular weight is 331 g/mol. The molecule has 0 saturated heterocycles. The van der Waals surface area contributed by atoms with Gasteiger partial charge < -0.3 is 10.0 Å². The fourth-order valence-electron chi connectivity index (χ4n) is 2.15. The van der Waals surface area contributed by atoms with E-state index in [1.54, 1.807) is 13.0 Å². The number of aliphatic hydroxyl groups excluding tert-OH is 1. The molecule has 1 unspecified atom stereocenters. The second-order valence-electron chi connectivity index (χ2n) is 4.57. The second-order valence-corrected chi connectivity index (χ2v) is 5.48. The summed E-state index contributed by atoms with van der Waals surface area (Å²) in [7, 11) is 1.89. The standard InChI is InChI=1S/C16H15BrN2O/c1-11(20)14-8-7-13(17)9-16(14)19(2)15-6-4-3-5-12(15)10-18/h3-9,11,20H,1-2H3. The van der Waals surface area contributed by atoms with Crippen molar-refractivity contribution in [2.45, 2.75) is 13.0 Å². The highest BCUT2D eigenvalue weighted by Crippen LogP contribution is 2.34. The van der Waals surface area contributed by atoms with Crippen LogP contribution >= 0.6 is 15.9 Å². The molecule has 2 aromatic rings. The number of rotatable bonds is 3. The number of anilines is 2. The van der Waals surface area contributed by atoms with Gasteiger partial charge in [-0.2, -0.15) is 5.26 Å². The highest BCUT2D eigenvalue weighted by molar-refractivity contribution is 9.10. The van der Waals surface area contributed by atoms with E-state index in [1.165, 1.54) is 0 Å². The van der Waals surface area contributed by atoms with Crippen molar-refractivity contribution in [2.24, 2.45) is 0 Å². The number of para-hydroxylation sites is 1. The van der Waals surface area contributed by atoms with Gasteiger partial charge in [-0.25, -0.2) is 0 Å². The molecule has 3 nitrogen and oxygen atoms in total. The summed E-state index contributed by atoms with van der Waals surface area (Å²) in [4.78, 5) is 1.92. The van der Waals surface area contributed by atoms with Crippen molar-refractivity contribution in [2.75, 3.05) is 11.9 Å². The molecule has 0 aliphatic carbocycles. The van der Waals surface area contributed by atoms with E-state index >= 15 is 0 Å². The van der Waals surface area contributed by atoms with Gasteiger partial charge in [0, 0.05) is 22.8 Å². The third-order valence-corrected chi connectivity index (χ3v) is 3.68. The lowest BCUT2D eigenvalue weighted by Crippen LogP contribution is -2.14. The minimum atomic E-state index is -0.574. The molecule has 0 heterocycles. The molecule has 2 aromatic carbocycles. The summed E-state index contributed by atoms with van der Waals surface area (Å²) in [6.07, 6.45) is -0.574. The van der Waals surface area contributed by atoms with E-state index in [1.807, 2.05) is 48.3 Å². The van der Waals surface area contributed by atoms with Crippen molar-refractivity contribution in [1.82, 2.24) is 0 Å². The summed E-state index contributed by atoms with van der Waals surface area (Å²) in [6, 6.07) is 15.3. The molecule has 0 bridgehead atoms. The lowest BCUT2D eigenvalue weighted by molar-refractivity contribution is 0.200. The Balaban J connectivity index is 2.56. The lowest BCUT2D eigenvalue weighted by atomic mass is 10.1. The molecule has 0 aliphatic rings. The topological polar surface area (TPSA) is 47.3 Å². The smallest absolute Gasteiger partial charge is 0.101 e. The van der Waals surface area contributed by atoms with Crippen molar-refractivity contribution in [3.8, 4) is 6.07 Å². The molecule has 1 atom stereocenters. The molecule has 1 N–H and O–H groups in total. The molecular formula is C16H15BrN2O. The molecule has 102 valence electrons. The highest BCUT2D eigenvalue weighted by Gasteiger charge is 2.15. The summed E-state index contributed by atoms with van der Waals surface area (Å²) >= 11 is 3.45. The minimum Gasteiger partial charge on any atom is -0.389 e. The van der Waals surface area contributed by atoms with Gasteiger partial charge in [-0.15, -0.1) is 0 Å². The van der Waals surface area contributed by atoms with Gasteiger partial charge in [-0.05, 0) is 31.2 Å². The van der Waals surface area contributed by atoms with E-state index in [4.69, 9.17) is 0 Å². The molecule has 4 heteroatoms. The van der Waals surface area contributed by atoms with Gasteiger partial charge in [0.15, 0.2) is 0 Å². The molecule has 0 amide bonds. The first-order valence-electron chi connectivity index (χ1n) is 6.25. The average Bonchev–Trinajstić information content (AvgIpc) is 2.46. The van der Waals surface area contributed by atoms with Crippen LogP contribution in [-0.2, 0) is 0 Å². The third-order valence-electron chi connectivity index (χ3n) is 3.19. The maximum Gasteiger partial charge on any atom is 0.101 e. The van der Waals surface area contributed by atoms with Crippen LogP contribution in [0.4, 0.5) is 11.4 Å². The van der Waals surface area contributed by atoms with E-state index in [0.29, 0.717) is 5.56 Å². The third kappa shape index (κ3) is 2.84. The number of nitriles is 1. The summed E-state index contributed by atoms with van der Waals surface area (Å²) in [5, 5.41) is 19.1. The first-order valence-corrected chi connectivity index (χ1v) is 7.04. The number of hydrogen-bond donors (Lipinski definition) is 1. The summed E-state index contributed by atoms with van der Waals surface area (Å²) in [6.45, 7) is 1.73. The maximum absolute atomic E-state index is 9.91. The van der Waals surface area contributed by atoms with Crippen LogP contribution < -0.4 is 4.90 Å². The van der Waals surface area contributed by atoms with Crippen LogP contribution in [0.25, 0.3) is 0 Å². The zero-order valence-electron chi connectivity index (χ0n) is 11.3. The Kier molecular flexibility index (Phi) is 4.43. The number of hydrogen-bond acceptors (Lipinski definition) is 3. The Hall–Kier alpha value is -1.83. The number of nitrogens with zero attached hydrogens (tertiary/aromatic N) is 2. The number of aliphatic hydroxyl groups is 1. The van der Waals surface area contributed by atoms with Gasteiger partial charge in [-0.1, -0.05) is 34.1 Å². The number of benzene rings is 2. The largest absolute Gasteiger partial charge is 0.389 e. The van der Waals surface area contributed by atoms with Crippen LogP contribution in [0.15, 0.2) is 46.9 Å².